The van der Waals surface area contributed by atoms with Crippen LogP contribution in [0.2, 0.25) is 0 Å². The molecule has 0 fully saturated rings. The Kier molecular flexibility index (Phi) is 7.48. The van der Waals surface area contributed by atoms with Crippen molar-refractivity contribution in [2.75, 3.05) is 23.8 Å². The summed E-state index contributed by atoms with van der Waals surface area (Å²) < 4.78 is 16.5. The first-order valence-electron chi connectivity index (χ1n) is 9.93. The van der Waals surface area contributed by atoms with Crippen LogP contribution in [-0.4, -0.2) is 25.0 Å². The number of nitrogens with one attached hydrogen (secondary N) is 2. The highest BCUT2D eigenvalue weighted by Crippen LogP contribution is 2.37. The molecule has 160 valence electrons. The van der Waals surface area contributed by atoms with E-state index in [-0.39, 0.29) is 11.7 Å². The summed E-state index contributed by atoms with van der Waals surface area (Å²) in [7, 11) is 0. The van der Waals surface area contributed by atoms with Crippen LogP contribution in [0.25, 0.3) is 6.08 Å². The van der Waals surface area contributed by atoms with Crippen LogP contribution >= 0.6 is 0 Å². The van der Waals surface area contributed by atoms with Crippen molar-refractivity contribution in [3.63, 3.8) is 0 Å². The molecule has 0 aliphatic carbocycles. The average molecular weight is 420 g/mol. The smallest absolute Gasteiger partial charge is 0.291 e. The lowest BCUT2D eigenvalue weighted by Crippen LogP contribution is -2.14. The Bertz CT molecular complexity index is 1040. The van der Waals surface area contributed by atoms with Gasteiger partial charge in [-0.2, -0.15) is 0 Å². The van der Waals surface area contributed by atoms with E-state index in [4.69, 9.17) is 13.9 Å². The second-order valence-corrected chi connectivity index (χ2v) is 6.38. The molecule has 31 heavy (non-hydrogen) atoms. The topological polar surface area (TPSA) is 89.8 Å². The zero-order valence-corrected chi connectivity index (χ0v) is 17.4. The van der Waals surface area contributed by atoms with Crippen LogP contribution in [0.15, 0.2) is 71.4 Å². The molecule has 0 saturated heterocycles. The summed E-state index contributed by atoms with van der Waals surface area (Å²) >= 11 is 0. The number of carbonyl (C=O) groups excluding carboxylic acids is 2. The van der Waals surface area contributed by atoms with Crippen molar-refractivity contribution in [3.8, 4) is 11.5 Å². The third-order valence-electron chi connectivity index (χ3n) is 4.16. The maximum absolute atomic E-state index is 12.5. The monoisotopic (exact) mass is 420 g/mol. The van der Waals surface area contributed by atoms with Crippen molar-refractivity contribution in [1.82, 2.24) is 0 Å². The minimum Gasteiger partial charge on any atom is -0.492 e. The Morgan fingerprint density at radius 3 is 2.13 bits per heavy atom. The Labute approximate surface area is 180 Å². The molecule has 2 amide bonds. The van der Waals surface area contributed by atoms with Gasteiger partial charge in [-0.05, 0) is 37.6 Å². The van der Waals surface area contributed by atoms with Crippen molar-refractivity contribution in [1.29, 1.82) is 0 Å². The predicted octanol–water partition coefficient (Wildman–Crippen LogP) is 4.98. The fraction of sp³-hybridized carbons (Fsp3) is 0.167. The number of hydrogen-bond donors (Lipinski definition) is 2. The summed E-state index contributed by atoms with van der Waals surface area (Å²) in [6.45, 7) is 4.41. The highest BCUT2D eigenvalue weighted by Gasteiger charge is 2.17. The molecule has 3 aromatic rings. The molecule has 0 aliphatic heterocycles. The first kappa shape index (κ1) is 21.7. The number of anilines is 2. The summed E-state index contributed by atoms with van der Waals surface area (Å²) in [5.41, 5.74) is 1.75. The molecule has 0 radical (unpaired) electrons. The number of furan rings is 1. The van der Waals surface area contributed by atoms with Crippen LogP contribution in [0.3, 0.4) is 0 Å². The minimum atomic E-state index is -0.420. The van der Waals surface area contributed by atoms with E-state index in [9.17, 15) is 9.59 Å². The van der Waals surface area contributed by atoms with E-state index in [0.29, 0.717) is 36.1 Å². The van der Waals surface area contributed by atoms with Crippen LogP contribution < -0.4 is 20.1 Å². The predicted molar refractivity (Wildman–Crippen MR) is 120 cm³/mol. The largest absolute Gasteiger partial charge is 0.492 e. The summed E-state index contributed by atoms with van der Waals surface area (Å²) in [5, 5.41) is 5.57. The van der Waals surface area contributed by atoms with E-state index in [0.717, 1.165) is 5.56 Å². The first-order valence-corrected chi connectivity index (χ1v) is 9.93. The molecule has 7 heteroatoms. The van der Waals surface area contributed by atoms with Gasteiger partial charge in [0.05, 0.1) is 30.9 Å². The Morgan fingerprint density at radius 1 is 0.903 bits per heavy atom. The van der Waals surface area contributed by atoms with E-state index in [1.54, 1.807) is 30.3 Å². The Hall–Kier alpha value is -4.00. The van der Waals surface area contributed by atoms with Crippen LogP contribution in [0.1, 0.15) is 30.0 Å². The standard InChI is InChI=1S/C24H24N2O5/c1-3-29-21-16-19(26-24(28)20-11-8-14-31-20)22(30-4-2)15-18(21)25-23(27)13-12-17-9-6-5-7-10-17/h5-16H,3-4H2,1-2H3,(H,25,27)(H,26,28)/b13-12+. The molecular weight excluding hydrogens is 396 g/mol. The van der Waals surface area contributed by atoms with E-state index in [2.05, 4.69) is 10.6 Å². The van der Waals surface area contributed by atoms with Crippen LogP contribution in [0.5, 0.6) is 11.5 Å². The van der Waals surface area contributed by atoms with E-state index in [1.807, 2.05) is 44.2 Å². The zero-order valence-electron chi connectivity index (χ0n) is 17.4. The lowest BCUT2D eigenvalue weighted by atomic mass is 10.2. The molecular formula is C24H24N2O5. The van der Waals surface area contributed by atoms with E-state index >= 15 is 0 Å². The van der Waals surface area contributed by atoms with Gasteiger partial charge < -0.3 is 24.5 Å². The maximum atomic E-state index is 12.5. The fourth-order valence-corrected chi connectivity index (χ4v) is 2.81. The number of amides is 2. The van der Waals surface area contributed by atoms with Gasteiger partial charge in [-0.1, -0.05) is 30.3 Å². The van der Waals surface area contributed by atoms with Gasteiger partial charge in [0.1, 0.15) is 11.5 Å². The number of hydrogen-bond acceptors (Lipinski definition) is 5. The second-order valence-electron chi connectivity index (χ2n) is 6.38. The lowest BCUT2D eigenvalue weighted by molar-refractivity contribution is -0.111. The normalized spacial score (nSPS) is 10.6. The molecule has 2 N–H and O–H groups in total. The van der Waals surface area contributed by atoms with Gasteiger partial charge in [0.15, 0.2) is 5.76 Å². The minimum absolute atomic E-state index is 0.170. The molecule has 1 heterocycles. The molecule has 7 nitrogen and oxygen atoms in total. The van der Waals surface area contributed by atoms with Crippen molar-refractivity contribution in [2.24, 2.45) is 0 Å². The van der Waals surface area contributed by atoms with Gasteiger partial charge in [0, 0.05) is 18.2 Å². The van der Waals surface area contributed by atoms with Gasteiger partial charge in [0.2, 0.25) is 5.91 Å². The first-order chi connectivity index (χ1) is 15.1. The van der Waals surface area contributed by atoms with Gasteiger partial charge in [-0.25, -0.2) is 0 Å². The SMILES string of the molecule is CCOc1cc(NC(=O)c2ccco2)c(OCC)cc1NC(=O)/C=C/c1ccccc1. The van der Waals surface area contributed by atoms with Crippen molar-refractivity contribution in [2.45, 2.75) is 13.8 Å². The third-order valence-corrected chi connectivity index (χ3v) is 4.16. The molecule has 1 aromatic heterocycles. The number of rotatable bonds is 9. The maximum Gasteiger partial charge on any atom is 0.291 e. The Balaban J connectivity index is 1.84. The summed E-state index contributed by atoms with van der Waals surface area (Å²) in [6, 6.07) is 15.9. The highest BCUT2D eigenvalue weighted by atomic mass is 16.5. The van der Waals surface area contributed by atoms with Gasteiger partial charge in [0.25, 0.3) is 5.91 Å². The highest BCUT2D eigenvalue weighted by molar-refractivity contribution is 6.05. The fourth-order valence-electron chi connectivity index (χ4n) is 2.81. The van der Waals surface area contributed by atoms with Crippen LogP contribution in [-0.2, 0) is 4.79 Å². The molecule has 0 atom stereocenters. The second kappa shape index (κ2) is 10.7. The van der Waals surface area contributed by atoms with Gasteiger partial charge in [-0.15, -0.1) is 0 Å². The number of benzene rings is 2. The zero-order chi connectivity index (χ0) is 22.1. The third kappa shape index (κ3) is 5.99. The van der Waals surface area contributed by atoms with Crippen molar-refractivity contribution < 1.29 is 23.5 Å². The quantitative estimate of drug-likeness (QED) is 0.477. The lowest BCUT2D eigenvalue weighted by Gasteiger charge is -2.17. The van der Waals surface area contributed by atoms with Crippen LogP contribution in [0.4, 0.5) is 11.4 Å². The molecule has 0 bridgehead atoms. The summed E-state index contributed by atoms with van der Waals surface area (Å²) in [4.78, 5) is 24.9. The summed E-state index contributed by atoms with van der Waals surface area (Å²) in [5.74, 6) is 0.231. The molecule has 3 rings (SSSR count). The molecule has 0 unspecified atom stereocenters. The Morgan fingerprint density at radius 2 is 1.55 bits per heavy atom. The van der Waals surface area contributed by atoms with Gasteiger partial charge >= 0.3 is 0 Å². The molecule has 0 aliphatic rings. The van der Waals surface area contributed by atoms with Crippen molar-refractivity contribution >= 4 is 29.3 Å². The van der Waals surface area contributed by atoms with Crippen molar-refractivity contribution in [3.05, 3.63) is 78.3 Å². The average Bonchev–Trinajstić information content (AvgIpc) is 3.31. The van der Waals surface area contributed by atoms with Crippen LogP contribution in [0, 0.1) is 0 Å². The molecule has 0 saturated carbocycles. The number of ether oxygens (including phenoxy) is 2. The summed E-state index contributed by atoms with van der Waals surface area (Å²) in [6.07, 6.45) is 4.58. The van der Waals surface area contributed by atoms with E-state index < -0.39 is 5.91 Å². The van der Waals surface area contributed by atoms with Gasteiger partial charge in [-0.3, -0.25) is 9.59 Å². The van der Waals surface area contributed by atoms with E-state index in [1.165, 1.54) is 12.3 Å². The number of carbonyl (C=O) groups is 2. The molecule has 0 spiro atoms. The molecule has 2 aromatic carbocycles.